The van der Waals surface area contributed by atoms with Gasteiger partial charge in [0.15, 0.2) is 0 Å². The first kappa shape index (κ1) is 14.3. The van der Waals surface area contributed by atoms with Crippen molar-refractivity contribution in [2.45, 2.75) is 57.6 Å². The molecule has 5 nitrogen and oxygen atoms in total. The van der Waals surface area contributed by atoms with Gasteiger partial charge in [0.05, 0.1) is 5.92 Å². The maximum atomic E-state index is 12.2. The molecule has 1 heterocycles. The van der Waals surface area contributed by atoms with Crippen molar-refractivity contribution in [3.63, 3.8) is 0 Å². The van der Waals surface area contributed by atoms with Gasteiger partial charge in [-0.05, 0) is 25.2 Å². The number of aliphatic carboxylic acids is 1. The Balaban J connectivity index is 1.98. The Hall–Kier alpha value is -1.10. The van der Waals surface area contributed by atoms with E-state index in [1.54, 1.807) is 0 Å². The monoisotopic (exact) mass is 269 g/mol. The number of nitrogens with one attached hydrogen (secondary N) is 1. The predicted molar refractivity (Wildman–Crippen MR) is 69.7 cm³/mol. The Kier molecular flexibility index (Phi) is 4.80. The highest BCUT2D eigenvalue weighted by Crippen LogP contribution is 2.25. The molecule has 2 rings (SSSR count). The zero-order chi connectivity index (χ0) is 13.8. The third-order valence-electron chi connectivity index (χ3n) is 4.31. The van der Waals surface area contributed by atoms with E-state index < -0.39 is 18.0 Å². The largest absolute Gasteiger partial charge is 0.481 e. The molecule has 4 unspecified atom stereocenters. The van der Waals surface area contributed by atoms with Crippen LogP contribution in [0.15, 0.2) is 0 Å². The molecule has 19 heavy (non-hydrogen) atoms. The quantitative estimate of drug-likeness (QED) is 0.762. The fourth-order valence-corrected chi connectivity index (χ4v) is 3.07. The zero-order valence-corrected chi connectivity index (χ0v) is 11.4. The van der Waals surface area contributed by atoms with Crippen molar-refractivity contribution < 1.29 is 19.4 Å². The number of amides is 1. The zero-order valence-electron chi connectivity index (χ0n) is 11.4. The molecule has 1 saturated heterocycles. The third kappa shape index (κ3) is 3.47. The van der Waals surface area contributed by atoms with Crippen LogP contribution < -0.4 is 5.32 Å². The number of hydrogen-bond donors (Lipinski definition) is 2. The first-order chi connectivity index (χ1) is 9.09. The molecule has 0 aromatic carbocycles. The van der Waals surface area contributed by atoms with Crippen LogP contribution in [0.3, 0.4) is 0 Å². The van der Waals surface area contributed by atoms with Crippen molar-refractivity contribution in [3.05, 3.63) is 0 Å². The standard InChI is InChI=1S/C14H23NO4/c1-9-7-8-19-12(9)13(16)15-11-6-4-2-3-5-10(11)14(17)18/h9-12H,2-8H2,1H3,(H,15,16)(H,17,18). The van der Waals surface area contributed by atoms with Crippen LogP contribution >= 0.6 is 0 Å². The molecule has 2 N–H and O–H groups in total. The normalized spacial score (nSPS) is 35.6. The van der Waals surface area contributed by atoms with Gasteiger partial charge in [-0.1, -0.05) is 26.2 Å². The van der Waals surface area contributed by atoms with Gasteiger partial charge in [0.2, 0.25) is 5.91 Å². The second kappa shape index (κ2) is 6.37. The summed E-state index contributed by atoms with van der Waals surface area (Å²) < 4.78 is 5.44. The second-order valence-electron chi connectivity index (χ2n) is 5.76. The van der Waals surface area contributed by atoms with Gasteiger partial charge in [0.1, 0.15) is 6.10 Å². The van der Waals surface area contributed by atoms with E-state index >= 15 is 0 Å². The van der Waals surface area contributed by atoms with Crippen molar-refractivity contribution in [1.82, 2.24) is 5.32 Å². The van der Waals surface area contributed by atoms with Crippen LogP contribution in [0.1, 0.15) is 45.4 Å². The van der Waals surface area contributed by atoms with Gasteiger partial charge in [0, 0.05) is 12.6 Å². The molecular formula is C14H23NO4. The lowest BCUT2D eigenvalue weighted by Gasteiger charge is -2.25. The van der Waals surface area contributed by atoms with Crippen molar-refractivity contribution in [2.75, 3.05) is 6.61 Å². The van der Waals surface area contributed by atoms with Crippen LogP contribution in [0.2, 0.25) is 0 Å². The van der Waals surface area contributed by atoms with Crippen LogP contribution in [-0.4, -0.2) is 35.7 Å². The minimum atomic E-state index is -0.799. The van der Waals surface area contributed by atoms with Crippen LogP contribution in [-0.2, 0) is 14.3 Å². The molecule has 2 aliphatic rings. The summed E-state index contributed by atoms with van der Waals surface area (Å²) in [5, 5.41) is 12.2. The summed E-state index contributed by atoms with van der Waals surface area (Å²) in [6, 6.07) is -0.246. The number of carboxylic acids is 1. The first-order valence-corrected chi connectivity index (χ1v) is 7.24. The van der Waals surface area contributed by atoms with E-state index in [-0.39, 0.29) is 17.9 Å². The van der Waals surface area contributed by atoms with Crippen LogP contribution in [0.4, 0.5) is 0 Å². The van der Waals surface area contributed by atoms with Crippen LogP contribution in [0.25, 0.3) is 0 Å². The fraction of sp³-hybridized carbons (Fsp3) is 0.857. The second-order valence-corrected chi connectivity index (χ2v) is 5.76. The lowest BCUT2D eigenvalue weighted by atomic mass is 9.94. The summed E-state index contributed by atoms with van der Waals surface area (Å²) in [4.78, 5) is 23.5. The number of ether oxygens (including phenoxy) is 1. The summed E-state index contributed by atoms with van der Waals surface area (Å²) in [6.45, 7) is 2.62. The highest BCUT2D eigenvalue weighted by Gasteiger charge is 2.35. The Morgan fingerprint density at radius 1 is 1.16 bits per heavy atom. The lowest BCUT2D eigenvalue weighted by Crippen LogP contribution is -2.47. The summed E-state index contributed by atoms with van der Waals surface area (Å²) in [5.74, 6) is -1.17. The summed E-state index contributed by atoms with van der Waals surface area (Å²) >= 11 is 0. The Bertz CT molecular complexity index is 344. The van der Waals surface area contributed by atoms with E-state index in [0.717, 1.165) is 32.1 Å². The van der Waals surface area contributed by atoms with Gasteiger partial charge in [-0.15, -0.1) is 0 Å². The van der Waals surface area contributed by atoms with E-state index in [1.807, 2.05) is 6.92 Å². The van der Waals surface area contributed by atoms with Crippen molar-refractivity contribution >= 4 is 11.9 Å². The topological polar surface area (TPSA) is 75.6 Å². The molecule has 1 saturated carbocycles. The SMILES string of the molecule is CC1CCOC1C(=O)NC1CCCCCC1C(=O)O. The Morgan fingerprint density at radius 3 is 2.53 bits per heavy atom. The fourth-order valence-electron chi connectivity index (χ4n) is 3.07. The summed E-state index contributed by atoms with van der Waals surface area (Å²) in [7, 11) is 0. The van der Waals surface area contributed by atoms with Gasteiger partial charge >= 0.3 is 5.97 Å². The van der Waals surface area contributed by atoms with Gasteiger partial charge in [0.25, 0.3) is 0 Å². The lowest BCUT2D eigenvalue weighted by molar-refractivity contribution is -0.143. The Labute approximate surface area is 113 Å². The molecule has 0 aromatic rings. The van der Waals surface area contributed by atoms with Crippen molar-refractivity contribution in [3.8, 4) is 0 Å². The van der Waals surface area contributed by atoms with Crippen molar-refractivity contribution in [1.29, 1.82) is 0 Å². The molecule has 2 fully saturated rings. The molecule has 0 aromatic heterocycles. The molecule has 0 radical (unpaired) electrons. The molecule has 108 valence electrons. The van der Waals surface area contributed by atoms with Gasteiger partial charge < -0.3 is 15.2 Å². The third-order valence-corrected chi connectivity index (χ3v) is 4.31. The van der Waals surface area contributed by atoms with E-state index in [2.05, 4.69) is 5.32 Å². The molecule has 1 amide bonds. The van der Waals surface area contributed by atoms with Gasteiger partial charge in [-0.25, -0.2) is 0 Å². The van der Waals surface area contributed by atoms with Gasteiger partial charge in [-0.2, -0.15) is 0 Å². The molecule has 4 atom stereocenters. The smallest absolute Gasteiger partial charge is 0.308 e. The minimum Gasteiger partial charge on any atom is -0.481 e. The first-order valence-electron chi connectivity index (χ1n) is 7.24. The molecular weight excluding hydrogens is 246 g/mol. The molecule has 1 aliphatic carbocycles. The number of carbonyl (C=O) groups is 2. The van der Waals surface area contributed by atoms with E-state index in [9.17, 15) is 14.7 Å². The molecule has 0 bridgehead atoms. The molecule has 0 spiro atoms. The average Bonchev–Trinajstić information content (AvgIpc) is 2.65. The van der Waals surface area contributed by atoms with Crippen molar-refractivity contribution in [2.24, 2.45) is 11.8 Å². The Morgan fingerprint density at radius 2 is 1.89 bits per heavy atom. The van der Waals surface area contributed by atoms with E-state index in [1.165, 1.54) is 0 Å². The van der Waals surface area contributed by atoms with E-state index in [4.69, 9.17) is 4.74 Å². The highest BCUT2D eigenvalue weighted by molar-refractivity contribution is 5.82. The molecule has 1 aliphatic heterocycles. The van der Waals surface area contributed by atoms with Crippen LogP contribution in [0, 0.1) is 11.8 Å². The van der Waals surface area contributed by atoms with Gasteiger partial charge in [-0.3, -0.25) is 9.59 Å². The van der Waals surface area contributed by atoms with E-state index in [0.29, 0.717) is 13.0 Å². The number of rotatable bonds is 3. The maximum absolute atomic E-state index is 12.2. The average molecular weight is 269 g/mol. The minimum absolute atomic E-state index is 0.136. The number of hydrogen-bond acceptors (Lipinski definition) is 3. The maximum Gasteiger partial charge on any atom is 0.308 e. The number of carbonyl (C=O) groups excluding carboxylic acids is 1. The van der Waals surface area contributed by atoms with Crippen LogP contribution in [0.5, 0.6) is 0 Å². The predicted octanol–water partition coefficient (Wildman–Crippen LogP) is 1.56. The summed E-state index contributed by atoms with van der Waals surface area (Å²) in [6.07, 6.45) is 4.86. The molecule has 5 heteroatoms. The number of carboxylic acid groups (broad SMARTS) is 1. The summed E-state index contributed by atoms with van der Waals surface area (Å²) in [5.41, 5.74) is 0. The highest BCUT2D eigenvalue weighted by atomic mass is 16.5.